The lowest BCUT2D eigenvalue weighted by atomic mass is 9.53. The number of aliphatic hydroxyl groups is 1. The predicted octanol–water partition coefficient (Wildman–Crippen LogP) is 3.51. The largest absolute Gasteiger partial charge is 0.446 e. The first-order valence-electron chi connectivity index (χ1n) is 12.7. The number of carbonyl (C=O) groups is 2. The molecule has 34 heavy (non-hydrogen) atoms. The van der Waals surface area contributed by atoms with Crippen LogP contribution in [0.15, 0.2) is 18.3 Å². The van der Waals surface area contributed by atoms with E-state index in [0.29, 0.717) is 42.2 Å². The molecule has 1 aromatic rings. The van der Waals surface area contributed by atoms with Crippen molar-refractivity contribution in [3.63, 3.8) is 0 Å². The van der Waals surface area contributed by atoms with Crippen LogP contribution in [0, 0.1) is 17.8 Å². The van der Waals surface area contributed by atoms with Crippen LogP contribution < -0.4 is 5.32 Å². The summed E-state index contributed by atoms with van der Waals surface area (Å²) in [5, 5.41) is 14.2. The third-order valence-corrected chi connectivity index (χ3v) is 8.53. The topological polar surface area (TPSA) is 95.0 Å². The summed E-state index contributed by atoms with van der Waals surface area (Å²) in [5.41, 5.74) is -0.292. The molecule has 1 saturated heterocycles. The maximum Gasteiger partial charge on any atom is 0.410 e. The second kappa shape index (κ2) is 8.40. The maximum absolute atomic E-state index is 13.1. The van der Waals surface area contributed by atoms with Gasteiger partial charge >= 0.3 is 6.09 Å². The van der Waals surface area contributed by atoms with E-state index in [1.54, 1.807) is 35.2 Å². The van der Waals surface area contributed by atoms with E-state index in [2.05, 4.69) is 10.3 Å². The third-order valence-electron chi connectivity index (χ3n) is 8.53. The van der Waals surface area contributed by atoms with Gasteiger partial charge in [-0.25, -0.2) is 9.78 Å². The van der Waals surface area contributed by atoms with Crippen LogP contribution in [0.4, 0.5) is 10.6 Å². The summed E-state index contributed by atoms with van der Waals surface area (Å²) in [4.78, 5) is 34.0. The quantitative estimate of drug-likeness (QED) is 0.699. The lowest BCUT2D eigenvalue weighted by molar-refractivity contribution is -0.177. The highest BCUT2D eigenvalue weighted by atomic mass is 16.6. The smallest absolute Gasteiger partial charge is 0.410 e. The van der Waals surface area contributed by atoms with E-state index in [4.69, 9.17) is 4.74 Å². The molecule has 4 bridgehead atoms. The van der Waals surface area contributed by atoms with Crippen LogP contribution in [0.1, 0.15) is 69.7 Å². The molecule has 4 aliphatic carbocycles. The molecule has 8 nitrogen and oxygen atoms in total. The van der Waals surface area contributed by atoms with E-state index in [0.717, 1.165) is 38.5 Å². The lowest BCUT2D eigenvalue weighted by Gasteiger charge is -2.57. The molecule has 0 radical (unpaired) electrons. The zero-order valence-corrected chi connectivity index (χ0v) is 20.8. The molecule has 4 unspecified atom stereocenters. The van der Waals surface area contributed by atoms with Crippen LogP contribution in [-0.4, -0.2) is 75.3 Å². The van der Waals surface area contributed by atoms with Gasteiger partial charge in [-0.3, -0.25) is 4.79 Å². The maximum atomic E-state index is 13.1. The summed E-state index contributed by atoms with van der Waals surface area (Å²) in [7, 11) is 1.80. The minimum atomic E-state index is -0.527. The van der Waals surface area contributed by atoms with Crippen molar-refractivity contribution >= 4 is 17.8 Å². The van der Waals surface area contributed by atoms with Crippen molar-refractivity contribution in [1.29, 1.82) is 0 Å². The van der Waals surface area contributed by atoms with Gasteiger partial charge in [0.25, 0.3) is 5.91 Å². The monoisotopic (exact) mass is 470 g/mol. The van der Waals surface area contributed by atoms with Gasteiger partial charge in [0.1, 0.15) is 11.9 Å². The Morgan fingerprint density at radius 1 is 1.24 bits per heavy atom. The molecule has 0 aromatic carbocycles. The SMILES string of the molecule is CN(C(=O)c1cccnc1NC1CCN(C(=O)OC2C3CC4C[C@H]2C[C@@](O)(C4)C3)C1)C(C)(C)C. The number of hydrogen-bond acceptors (Lipinski definition) is 6. The molecular formula is C26H38N4O4. The van der Waals surface area contributed by atoms with E-state index >= 15 is 0 Å². The van der Waals surface area contributed by atoms with Gasteiger partial charge in [-0.1, -0.05) is 0 Å². The molecule has 8 heteroatoms. The van der Waals surface area contributed by atoms with Crippen molar-refractivity contribution in [3.8, 4) is 0 Å². The number of anilines is 1. The van der Waals surface area contributed by atoms with Crippen molar-refractivity contribution < 1.29 is 19.4 Å². The average Bonchev–Trinajstić information content (AvgIpc) is 3.22. The highest BCUT2D eigenvalue weighted by molar-refractivity contribution is 5.99. The molecule has 2 heterocycles. The second-order valence-electron chi connectivity index (χ2n) is 12.1. The van der Waals surface area contributed by atoms with Crippen molar-refractivity contribution in [2.45, 2.75) is 82.6 Å². The van der Waals surface area contributed by atoms with Gasteiger partial charge in [-0.2, -0.15) is 0 Å². The predicted molar refractivity (Wildman–Crippen MR) is 128 cm³/mol. The number of nitrogens with one attached hydrogen (secondary N) is 1. The van der Waals surface area contributed by atoms with E-state index in [1.807, 2.05) is 20.8 Å². The van der Waals surface area contributed by atoms with Gasteiger partial charge < -0.3 is 25.0 Å². The standard InChI is InChI=1S/C26H38N4O4/c1-25(2,3)29(4)23(31)20-6-5-8-27-22(20)28-19-7-9-30(15-19)24(32)34-21-17-10-16-11-18(21)14-26(33,12-16)13-17/h5-6,8,16-19,21,33H,7,9-15H2,1-4H3,(H,27,28)/t16?,17-,18?,19?,21?,26-/m0/s1. The molecule has 6 rings (SSSR count). The number of likely N-dealkylation sites (tertiary alicyclic amines) is 1. The van der Waals surface area contributed by atoms with Gasteiger partial charge in [-0.15, -0.1) is 0 Å². The third kappa shape index (κ3) is 4.37. The average molecular weight is 471 g/mol. The molecule has 5 fully saturated rings. The van der Waals surface area contributed by atoms with Crippen LogP contribution in [0.25, 0.3) is 0 Å². The Hall–Kier alpha value is -2.35. The highest BCUT2D eigenvalue weighted by Crippen LogP contribution is 2.56. The first-order valence-corrected chi connectivity index (χ1v) is 12.7. The number of pyridine rings is 1. The fourth-order valence-corrected chi connectivity index (χ4v) is 6.73. The van der Waals surface area contributed by atoms with Gasteiger partial charge in [0.2, 0.25) is 0 Å². The van der Waals surface area contributed by atoms with Crippen LogP contribution in [-0.2, 0) is 4.74 Å². The van der Waals surface area contributed by atoms with Crippen LogP contribution in [0.2, 0.25) is 0 Å². The van der Waals surface area contributed by atoms with Crippen LogP contribution in [0.3, 0.4) is 0 Å². The Labute approximate surface area is 202 Å². The van der Waals surface area contributed by atoms with Gasteiger partial charge in [-0.05, 0) is 89.2 Å². The van der Waals surface area contributed by atoms with Gasteiger partial charge in [0.15, 0.2) is 0 Å². The minimum absolute atomic E-state index is 0.00755. The first-order chi connectivity index (χ1) is 16.0. The molecule has 2 amide bonds. The molecule has 1 aromatic heterocycles. The minimum Gasteiger partial charge on any atom is -0.446 e. The van der Waals surface area contributed by atoms with Crippen molar-refractivity contribution in [3.05, 3.63) is 23.9 Å². The number of carbonyl (C=O) groups excluding carboxylic acids is 2. The fourth-order valence-electron chi connectivity index (χ4n) is 6.73. The zero-order chi connectivity index (χ0) is 24.3. The highest BCUT2D eigenvalue weighted by Gasteiger charge is 2.56. The number of ether oxygens (including phenoxy) is 1. The molecular weight excluding hydrogens is 432 g/mol. The van der Waals surface area contributed by atoms with E-state index in [-0.39, 0.29) is 29.7 Å². The molecule has 1 aliphatic heterocycles. The number of aromatic nitrogens is 1. The van der Waals surface area contributed by atoms with Crippen molar-refractivity contribution in [1.82, 2.24) is 14.8 Å². The zero-order valence-electron chi connectivity index (χ0n) is 20.8. The summed E-state index contributed by atoms with van der Waals surface area (Å²) in [6, 6.07) is 3.57. The molecule has 6 atom stereocenters. The normalized spacial score (nSPS) is 34.3. The van der Waals surface area contributed by atoms with Crippen LogP contribution in [0.5, 0.6) is 0 Å². The Kier molecular flexibility index (Phi) is 5.78. The fraction of sp³-hybridized carbons (Fsp3) is 0.731. The number of nitrogens with zero attached hydrogens (tertiary/aromatic N) is 3. The van der Waals surface area contributed by atoms with Gasteiger partial charge in [0, 0.05) is 37.9 Å². The molecule has 4 saturated carbocycles. The molecule has 5 aliphatic rings. The van der Waals surface area contributed by atoms with E-state index < -0.39 is 5.60 Å². The number of amides is 2. The molecule has 186 valence electrons. The first kappa shape index (κ1) is 23.4. The second-order valence-corrected chi connectivity index (χ2v) is 12.1. The van der Waals surface area contributed by atoms with E-state index in [1.165, 1.54) is 0 Å². The number of rotatable bonds is 4. The van der Waals surface area contributed by atoms with E-state index in [9.17, 15) is 14.7 Å². The molecule has 2 N–H and O–H groups in total. The summed E-state index contributed by atoms with van der Waals surface area (Å²) < 4.78 is 6.06. The summed E-state index contributed by atoms with van der Waals surface area (Å²) in [6.07, 6.45) is 6.72. The molecule has 0 spiro atoms. The summed E-state index contributed by atoms with van der Waals surface area (Å²) >= 11 is 0. The Morgan fingerprint density at radius 2 is 1.94 bits per heavy atom. The van der Waals surface area contributed by atoms with Crippen molar-refractivity contribution in [2.24, 2.45) is 17.8 Å². The van der Waals surface area contributed by atoms with Crippen molar-refractivity contribution in [2.75, 3.05) is 25.5 Å². The number of hydrogen-bond donors (Lipinski definition) is 2. The van der Waals surface area contributed by atoms with Crippen LogP contribution >= 0.6 is 0 Å². The lowest BCUT2D eigenvalue weighted by Crippen LogP contribution is -2.58. The summed E-state index contributed by atoms with van der Waals surface area (Å²) in [5.74, 6) is 1.64. The Bertz CT molecular complexity index is 944. The van der Waals surface area contributed by atoms with Gasteiger partial charge in [0.05, 0.1) is 11.2 Å². The Morgan fingerprint density at radius 3 is 2.59 bits per heavy atom. The summed E-state index contributed by atoms with van der Waals surface area (Å²) in [6.45, 7) is 7.13. The Balaban J connectivity index is 1.20.